The summed E-state index contributed by atoms with van der Waals surface area (Å²) in [6, 6.07) is 4.56. The lowest BCUT2D eigenvalue weighted by Gasteiger charge is -2.29. The number of hydrogen-bond donors (Lipinski definition) is 1. The van der Waals surface area contributed by atoms with Gasteiger partial charge in [0.1, 0.15) is 11.9 Å². The fourth-order valence-electron chi connectivity index (χ4n) is 2.84. The highest BCUT2D eigenvalue weighted by molar-refractivity contribution is 5.90. The Labute approximate surface area is 143 Å². The van der Waals surface area contributed by atoms with Crippen LogP contribution in [0.4, 0.5) is 25.0 Å². The van der Waals surface area contributed by atoms with Gasteiger partial charge in [-0.3, -0.25) is 9.69 Å². The molecule has 1 unspecified atom stereocenters. The maximum atomic E-state index is 14.5. The smallest absolute Gasteiger partial charge is 0.414 e. The van der Waals surface area contributed by atoms with E-state index in [0.29, 0.717) is 37.7 Å². The van der Waals surface area contributed by atoms with Crippen LogP contribution in [0.2, 0.25) is 0 Å². The number of nitrogens with zero attached hydrogens (tertiary/aromatic N) is 2. The van der Waals surface area contributed by atoms with Crippen LogP contribution < -0.4 is 15.1 Å². The molecule has 1 N–H and O–H groups in total. The minimum Gasteiger partial charge on any atom is -0.442 e. The lowest BCUT2D eigenvalue weighted by Crippen LogP contribution is -2.37. The number of benzene rings is 1. The van der Waals surface area contributed by atoms with Crippen LogP contribution in [0.25, 0.3) is 0 Å². The van der Waals surface area contributed by atoms with Gasteiger partial charge in [0.2, 0.25) is 0 Å². The summed E-state index contributed by atoms with van der Waals surface area (Å²) in [5.41, 5.74) is 0.838. The van der Waals surface area contributed by atoms with Crippen molar-refractivity contribution >= 4 is 23.4 Å². The molecule has 0 saturated carbocycles. The molecular formula is C16H19F2N3O4. The lowest BCUT2D eigenvalue weighted by molar-refractivity contribution is -0.122. The molecule has 2 aliphatic rings. The van der Waals surface area contributed by atoms with Crippen LogP contribution in [0.5, 0.6) is 0 Å². The molecule has 0 bridgehead atoms. The van der Waals surface area contributed by atoms with Crippen molar-refractivity contribution in [2.24, 2.45) is 0 Å². The fourth-order valence-corrected chi connectivity index (χ4v) is 2.84. The number of rotatable bonds is 5. The van der Waals surface area contributed by atoms with Gasteiger partial charge >= 0.3 is 6.09 Å². The summed E-state index contributed by atoms with van der Waals surface area (Å²) in [6.07, 6.45) is -1.23. The molecule has 7 nitrogen and oxygen atoms in total. The molecule has 9 heteroatoms. The number of halogens is 2. The average molecular weight is 355 g/mol. The van der Waals surface area contributed by atoms with E-state index < -0.39 is 30.6 Å². The van der Waals surface area contributed by atoms with Gasteiger partial charge in [0.25, 0.3) is 5.91 Å². The minimum absolute atomic E-state index is 0.0132. The summed E-state index contributed by atoms with van der Waals surface area (Å²) >= 11 is 0. The number of hydrogen-bond acceptors (Lipinski definition) is 5. The number of ether oxygens (including phenoxy) is 2. The molecule has 1 aromatic carbocycles. The van der Waals surface area contributed by atoms with Crippen molar-refractivity contribution in [3.8, 4) is 0 Å². The molecule has 2 aliphatic heterocycles. The van der Waals surface area contributed by atoms with E-state index >= 15 is 0 Å². The first-order chi connectivity index (χ1) is 12.1. The largest absolute Gasteiger partial charge is 0.442 e. The molecule has 0 radical (unpaired) electrons. The zero-order valence-electron chi connectivity index (χ0n) is 13.5. The van der Waals surface area contributed by atoms with Crippen molar-refractivity contribution in [1.82, 2.24) is 5.32 Å². The van der Waals surface area contributed by atoms with Gasteiger partial charge in [-0.1, -0.05) is 0 Å². The summed E-state index contributed by atoms with van der Waals surface area (Å²) in [6.45, 7) is 1.36. The molecule has 1 aromatic rings. The molecular weight excluding hydrogens is 336 g/mol. The van der Waals surface area contributed by atoms with Gasteiger partial charge in [0.15, 0.2) is 6.67 Å². The molecule has 1 atom stereocenters. The zero-order valence-corrected chi connectivity index (χ0v) is 13.5. The highest BCUT2D eigenvalue weighted by Gasteiger charge is 2.33. The molecule has 3 rings (SSSR count). The summed E-state index contributed by atoms with van der Waals surface area (Å²) in [7, 11) is 0. The molecule has 2 saturated heterocycles. The summed E-state index contributed by atoms with van der Waals surface area (Å²) in [5, 5.41) is 2.32. The van der Waals surface area contributed by atoms with Gasteiger partial charge < -0.3 is 19.7 Å². The average Bonchev–Trinajstić information content (AvgIpc) is 3.01. The first-order valence-electron chi connectivity index (χ1n) is 8.01. The van der Waals surface area contributed by atoms with Crippen molar-refractivity contribution < 1.29 is 27.8 Å². The Balaban J connectivity index is 1.66. The van der Waals surface area contributed by atoms with Crippen molar-refractivity contribution in [3.05, 3.63) is 24.0 Å². The van der Waals surface area contributed by atoms with Crippen LogP contribution in [0.15, 0.2) is 18.2 Å². The first-order valence-corrected chi connectivity index (χ1v) is 8.01. The van der Waals surface area contributed by atoms with E-state index in [0.717, 1.165) is 0 Å². The van der Waals surface area contributed by atoms with Crippen LogP contribution in [0.1, 0.15) is 0 Å². The van der Waals surface area contributed by atoms with Crippen LogP contribution >= 0.6 is 0 Å². The number of alkyl halides is 1. The molecule has 25 heavy (non-hydrogen) atoms. The second kappa shape index (κ2) is 7.64. The first kappa shape index (κ1) is 17.4. The number of morpholine rings is 1. The Bertz CT molecular complexity index is 652. The van der Waals surface area contributed by atoms with Crippen molar-refractivity contribution in [1.29, 1.82) is 0 Å². The zero-order chi connectivity index (χ0) is 17.8. The predicted octanol–water partition coefficient (Wildman–Crippen LogP) is 1.07. The van der Waals surface area contributed by atoms with Crippen LogP contribution in [-0.2, 0) is 14.3 Å². The van der Waals surface area contributed by atoms with Crippen LogP contribution in [0, 0.1) is 5.82 Å². The molecule has 2 fully saturated rings. The van der Waals surface area contributed by atoms with Crippen LogP contribution in [0.3, 0.4) is 0 Å². The SMILES string of the molecule is O=C(CF)NCC1CN(c2ccc(N3CCOCC3)c(F)c2)C(=O)O1. The molecule has 136 valence electrons. The van der Waals surface area contributed by atoms with Gasteiger partial charge in [-0.15, -0.1) is 0 Å². The lowest BCUT2D eigenvalue weighted by atomic mass is 10.2. The third kappa shape index (κ3) is 3.98. The highest BCUT2D eigenvalue weighted by atomic mass is 19.1. The quantitative estimate of drug-likeness (QED) is 0.856. The Hall–Kier alpha value is -2.42. The van der Waals surface area contributed by atoms with Crippen LogP contribution in [-0.4, -0.2) is 64.2 Å². The Kier molecular flexibility index (Phi) is 5.32. The van der Waals surface area contributed by atoms with E-state index in [4.69, 9.17) is 9.47 Å². The van der Waals surface area contributed by atoms with Gasteiger partial charge in [-0.2, -0.15) is 0 Å². The third-order valence-electron chi connectivity index (χ3n) is 4.12. The molecule has 0 aromatic heterocycles. The standard InChI is InChI=1S/C16H19F2N3O4/c17-8-15(22)19-9-12-10-21(16(23)25-12)11-1-2-14(13(18)7-11)20-3-5-24-6-4-20/h1-2,7,12H,3-6,8-10H2,(H,19,22). The summed E-state index contributed by atoms with van der Waals surface area (Å²) < 4.78 is 36.9. The van der Waals surface area contributed by atoms with Gasteiger partial charge in [0.05, 0.1) is 37.7 Å². The highest BCUT2D eigenvalue weighted by Crippen LogP contribution is 2.28. The molecule has 2 heterocycles. The maximum Gasteiger partial charge on any atom is 0.414 e. The van der Waals surface area contributed by atoms with Gasteiger partial charge in [0, 0.05) is 13.1 Å². The normalized spacial score (nSPS) is 20.6. The number of carbonyl (C=O) groups excluding carboxylic acids is 2. The second-order valence-electron chi connectivity index (χ2n) is 5.79. The van der Waals surface area contributed by atoms with E-state index in [1.54, 1.807) is 12.1 Å². The molecule has 0 spiro atoms. The number of amides is 2. The maximum absolute atomic E-state index is 14.5. The van der Waals surface area contributed by atoms with Gasteiger partial charge in [-0.25, -0.2) is 13.6 Å². The number of nitrogens with one attached hydrogen (secondary N) is 1. The van der Waals surface area contributed by atoms with E-state index in [1.807, 2.05) is 4.90 Å². The van der Waals surface area contributed by atoms with E-state index in [1.165, 1.54) is 11.0 Å². The van der Waals surface area contributed by atoms with Crippen molar-refractivity contribution in [2.45, 2.75) is 6.10 Å². The minimum atomic E-state index is -1.13. The number of carbonyl (C=O) groups is 2. The van der Waals surface area contributed by atoms with E-state index in [9.17, 15) is 18.4 Å². The summed E-state index contributed by atoms with van der Waals surface area (Å²) in [5.74, 6) is -1.20. The Morgan fingerprint density at radius 2 is 2.08 bits per heavy atom. The number of anilines is 2. The van der Waals surface area contributed by atoms with Gasteiger partial charge in [-0.05, 0) is 18.2 Å². The third-order valence-corrected chi connectivity index (χ3v) is 4.12. The van der Waals surface area contributed by atoms with E-state index in [-0.39, 0.29) is 13.1 Å². The Morgan fingerprint density at radius 3 is 2.76 bits per heavy atom. The number of cyclic esters (lactones) is 1. The van der Waals surface area contributed by atoms with E-state index in [2.05, 4.69) is 5.32 Å². The topological polar surface area (TPSA) is 71.1 Å². The second-order valence-corrected chi connectivity index (χ2v) is 5.79. The molecule has 2 amide bonds. The monoisotopic (exact) mass is 355 g/mol. The predicted molar refractivity (Wildman–Crippen MR) is 86.0 cm³/mol. The Morgan fingerprint density at radius 1 is 1.32 bits per heavy atom. The summed E-state index contributed by atoms with van der Waals surface area (Å²) in [4.78, 5) is 26.1. The van der Waals surface area contributed by atoms with Crippen molar-refractivity contribution in [3.63, 3.8) is 0 Å². The molecule has 0 aliphatic carbocycles. The fraction of sp³-hybridized carbons (Fsp3) is 0.500. The van der Waals surface area contributed by atoms with Crippen molar-refractivity contribution in [2.75, 3.05) is 55.9 Å².